The van der Waals surface area contributed by atoms with Crippen LogP contribution in [0.25, 0.3) is 33.4 Å². The molecule has 0 amide bonds. The third-order valence-electron chi connectivity index (χ3n) is 5.05. The van der Waals surface area contributed by atoms with E-state index in [-0.39, 0.29) is 27.9 Å². The summed E-state index contributed by atoms with van der Waals surface area (Å²) in [5, 5.41) is 10.2. The molecule has 1 N–H and O–H groups in total. The van der Waals surface area contributed by atoms with Crippen LogP contribution in [0.15, 0.2) is 70.0 Å². The number of hydrogen-bond donors (Lipinski definition) is 1. The standard InChI is InChI=1S/C25H21FO6S/c1-14(2)31-21-13-20-22(12-19(21)16-5-4-6-18(11-16)33(3,29)30)32-24(23(20)25(27)28)15-7-9-17(26)10-8-15/h4-14H,1-3H3,(H,27,28). The molecule has 0 spiro atoms. The van der Waals surface area contributed by atoms with Gasteiger partial charge in [-0.3, -0.25) is 0 Å². The minimum atomic E-state index is -3.44. The van der Waals surface area contributed by atoms with E-state index < -0.39 is 21.6 Å². The second-order valence-corrected chi connectivity index (χ2v) is 9.95. The van der Waals surface area contributed by atoms with E-state index in [0.717, 1.165) is 6.26 Å². The molecule has 0 saturated heterocycles. The van der Waals surface area contributed by atoms with Gasteiger partial charge in [0.25, 0.3) is 0 Å². The quantitative estimate of drug-likeness (QED) is 0.385. The molecule has 0 aliphatic heterocycles. The number of aromatic carboxylic acids is 1. The number of benzene rings is 3. The van der Waals surface area contributed by atoms with Crippen LogP contribution in [0, 0.1) is 5.82 Å². The van der Waals surface area contributed by atoms with E-state index in [9.17, 15) is 22.7 Å². The first-order chi connectivity index (χ1) is 15.5. The van der Waals surface area contributed by atoms with E-state index in [1.54, 1.807) is 24.3 Å². The first-order valence-electron chi connectivity index (χ1n) is 10.1. The Morgan fingerprint density at radius 3 is 2.33 bits per heavy atom. The highest BCUT2D eigenvalue weighted by molar-refractivity contribution is 7.90. The van der Waals surface area contributed by atoms with Crippen molar-refractivity contribution < 1.29 is 31.9 Å². The Balaban J connectivity index is 2.00. The average Bonchev–Trinajstić information content (AvgIpc) is 3.11. The van der Waals surface area contributed by atoms with Gasteiger partial charge in [-0.15, -0.1) is 0 Å². The van der Waals surface area contributed by atoms with Gasteiger partial charge >= 0.3 is 5.97 Å². The highest BCUT2D eigenvalue weighted by atomic mass is 32.2. The van der Waals surface area contributed by atoms with Crippen molar-refractivity contribution in [2.24, 2.45) is 0 Å². The minimum absolute atomic E-state index is 0.0679. The minimum Gasteiger partial charge on any atom is -0.490 e. The van der Waals surface area contributed by atoms with Gasteiger partial charge in [0, 0.05) is 22.8 Å². The molecule has 1 aromatic heterocycles. The van der Waals surface area contributed by atoms with Gasteiger partial charge in [0.05, 0.1) is 11.0 Å². The van der Waals surface area contributed by atoms with Crippen LogP contribution in [-0.4, -0.2) is 31.9 Å². The number of carboxylic acid groups (broad SMARTS) is 1. The van der Waals surface area contributed by atoms with Crippen molar-refractivity contribution in [2.45, 2.75) is 24.8 Å². The average molecular weight is 469 g/mol. The number of fused-ring (bicyclic) bond motifs is 1. The Bertz CT molecular complexity index is 1470. The number of sulfone groups is 1. The largest absolute Gasteiger partial charge is 0.490 e. The Hall–Kier alpha value is -3.65. The first kappa shape index (κ1) is 22.5. The number of hydrogen-bond acceptors (Lipinski definition) is 5. The molecule has 4 aromatic rings. The molecule has 170 valence electrons. The lowest BCUT2D eigenvalue weighted by atomic mass is 10.0. The first-order valence-corrected chi connectivity index (χ1v) is 12.0. The molecular formula is C25H21FO6S. The van der Waals surface area contributed by atoms with Crippen molar-refractivity contribution in [3.05, 3.63) is 72.0 Å². The summed E-state index contributed by atoms with van der Waals surface area (Å²) in [6.07, 6.45) is 0.901. The molecule has 0 saturated carbocycles. The molecule has 0 aliphatic rings. The van der Waals surface area contributed by atoms with Crippen molar-refractivity contribution in [1.29, 1.82) is 0 Å². The van der Waals surface area contributed by atoms with Gasteiger partial charge in [-0.25, -0.2) is 17.6 Å². The Labute approximate surface area is 190 Å². The summed E-state index contributed by atoms with van der Waals surface area (Å²) in [4.78, 5) is 12.3. The van der Waals surface area contributed by atoms with Gasteiger partial charge in [-0.1, -0.05) is 12.1 Å². The second-order valence-electron chi connectivity index (χ2n) is 7.93. The normalized spacial score (nSPS) is 11.8. The zero-order chi connectivity index (χ0) is 23.9. The maximum absolute atomic E-state index is 13.4. The Kier molecular flexibility index (Phi) is 5.71. The van der Waals surface area contributed by atoms with Crippen molar-refractivity contribution in [3.63, 3.8) is 0 Å². The van der Waals surface area contributed by atoms with Crippen LogP contribution in [0.5, 0.6) is 5.75 Å². The summed E-state index contributed by atoms with van der Waals surface area (Å²) in [5.41, 5.74) is 1.76. The lowest BCUT2D eigenvalue weighted by Crippen LogP contribution is -2.07. The maximum Gasteiger partial charge on any atom is 0.340 e. The van der Waals surface area contributed by atoms with Crippen molar-refractivity contribution in [1.82, 2.24) is 0 Å². The second kappa shape index (κ2) is 8.37. The molecule has 1 heterocycles. The molecule has 0 fully saturated rings. The van der Waals surface area contributed by atoms with Crippen LogP contribution < -0.4 is 4.74 Å². The molecule has 33 heavy (non-hydrogen) atoms. The molecule has 0 aliphatic carbocycles. The van der Waals surface area contributed by atoms with E-state index in [1.807, 2.05) is 13.8 Å². The summed E-state index contributed by atoms with van der Waals surface area (Å²) >= 11 is 0. The summed E-state index contributed by atoms with van der Waals surface area (Å²) in [7, 11) is -3.44. The van der Waals surface area contributed by atoms with E-state index in [0.29, 0.717) is 27.8 Å². The van der Waals surface area contributed by atoms with Gasteiger partial charge in [0.2, 0.25) is 0 Å². The van der Waals surface area contributed by atoms with Crippen LogP contribution in [0.1, 0.15) is 24.2 Å². The number of furan rings is 1. The molecule has 8 heteroatoms. The molecule has 0 radical (unpaired) electrons. The van der Waals surface area contributed by atoms with Crippen LogP contribution in [0.2, 0.25) is 0 Å². The van der Waals surface area contributed by atoms with Crippen LogP contribution >= 0.6 is 0 Å². The predicted molar refractivity (Wildman–Crippen MR) is 123 cm³/mol. The highest BCUT2D eigenvalue weighted by Crippen LogP contribution is 2.41. The van der Waals surface area contributed by atoms with Gasteiger partial charge in [0.15, 0.2) is 9.84 Å². The summed E-state index contributed by atoms with van der Waals surface area (Å²) in [6.45, 7) is 3.66. The maximum atomic E-state index is 13.4. The van der Waals surface area contributed by atoms with E-state index in [4.69, 9.17) is 9.15 Å². The molecule has 0 atom stereocenters. The van der Waals surface area contributed by atoms with Crippen molar-refractivity contribution in [2.75, 3.05) is 6.26 Å². The van der Waals surface area contributed by atoms with Crippen LogP contribution in [0.4, 0.5) is 4.39 Å². The van der Waals surface area contributed by atoms with Gasteiger partial charge in [-0.05, 0) is 67.9 Å². The number of carboxylic acids is 1. The fourth-order valence-corrected chi connectivity index (χ4v) is 4.28. The smallest absolute Gasteiger partial charge is 0.340 e. The van der Waals surface area contributed by atoms with Crippen molar-refractivity contribution in [3.8, 4) is 28.2 Å². The van der Waals surface area contributed by atoms with Crippen LogP contribution in [0.3, 0.4) is 0 Å². The topological polar surface area (TPSA) is 93.8 Å². The fraction of sp³-hybridized carbons (Fsp3) is 0.160. The number of rotatable bonds is 6. The van der Waals surface area contributed by atoms with Crippen LogP contribution in [-0.2, 0) is 9.84 Å². The van der Waals surface area contributed by atoms with E-state index in [2.05, 4.69) is 0 Å². The lowest BCUT2D eigenvalue weighted by Gasteiger charge is -2.15. The molecule has 4 rings (SSSR count). The zero-order valence-corrected chi connectivity index (χ0v) is 18.9. The zero-order valence-electron chi connectivity index (χ0n) is 18.1. The lowest BCUT2D eigenvalue weighted by molar-refractivity contribution is 0.0699. The van der Waals surface area contributed by atoms with E-state index >= 15 is 0 Å². The van der Waals surface area contributed by atoms with Gasteiger partial charge in [0.1, 0.15) is 28.5 Å². The van der Waals surface area contributed by atoms with Gasteiger partial charge < -0.3 is 14.3 Å². The van der Waals surface area contributed by atoms with Crippen molar-refractivity contribution >= 4 is 26.8 Å². The number of carbonyl (C=O) groups is 1. The molecule has 3 aromatic carbocycles. The highest BCUT2D eigenvalue weighted by Gasteiger charge is 2.24. The molecule has 6 nitrogen and oxygen atoms in total. The number of ether oxygens (including phenoxy) is 1. The summed E-state index contributed by atoms with van der Waals surface area (Å²) < 4.78 is 49.4. The monoisotopic (exact) mass is 468 g/mol. The third kappa shape index (κ3) is 4.47. The number of halogens is 1. The fourth-order valence-electron chi connectivity index (χ4n) is 3.61. The summed E-state index contributed by atoms with van der Waals surface area (Å²) in [5.74, 6) is -1.17. The third-order valence-corrected chi connectivity index (χ3v) is 6.16. The Morgan fingerprint density at radius 2 is 1.73 bits per heavy atom. The van der Waals surface area contributed by atoms with E-state index in [1.165, 1.54) is 36.4 Å². The molecule has 0 bridgehead atoms. The summed E-state index contributed by atoms with van der Waals surface area (Å²) in [6, 6.07) is 15.0. The molecule has 0 unspecified atom stereocenters. The van der Waals surface area contributed by atoms with Gasteiger partial charge in [-0.2, -0.15) is 0 Å². The SMILES string of the molecule is CC(C)Oc1cc2c(C(=O)O)c(-c3ccc(F)cc3)oc2cc1-c1cccc(S(C)(=O)=O)c1. The molecular weight excluding hydrogens is 447 g/mol. The predicted octanol–water partition coefficient (Wildman–Crippen LogP) is 5.79. The Morgan fingerprint density at radius 1 is 1.03 bits per heavy atom.